The first kappa shape index (κ1) is 37.7. The van der Waals surface area contributed by atoms with Crippen LogP contribution in [-0.2, 0) is 34.6 Å². The smallest absolute Gasteiger partial charge is 0.426 e. The van der Waals surface area contributed by atoms with Crippen LogP contribution in [0, 0.1) is 0 Å². The molecule has 50 heavy (non-hydrogen) atoms. The van der Waals surface area contributed by atoms with E-state index >= 15 is 0 Å². The summed E-state index contributed by atoms with van der Waals surface area (Å²) in [6, 6.07) is 5.33. The van der Waals surface area contributed by atoms with Gasteiger partial charge in [0.05, 0.1) is 5.94 Å². The van der Waals surface area contributed by atoms with E-state index in [9.17, 15) is 38.8 Å². The summed E-state index contributed by atoms with van der Waals surface area (Å²) < 4.78 is 16.1. The zero-order valence-electron chi connectivity index (χ0n) is 28.0. The zero-order chi connectivity index (χ0) is 35.8. The van der Waals surface area contributed by atoms with E-state index in [0.29, 0.717) is 77.4 Å². The summed E-state index contributed by atoms with van der Waals surface area (Å²) in [4.78, 5) is 86.0. The maximum absolute atomic E-state index is 13.2. The van der Waals surface area contributed by atoms with Gasteiger partial charge in [0.1, 0.15) is 6.04 Å². The number of carbonyl (C=O) groups excluding carboxylic acids is 6. The van der Waals surface area contributed by atoms with Crippen LogP contribution in [0.3, 0.4) is 0 Å². The van der Waals surface area contributed by atoms with Crippen LogP contribution < -0.4 is 10.6 Å². The van der Waals surface area contributed by atoms with Gasteiger partial charge in [-0.15, -0.1) is 0 Å². The van der Waals surface area contributed by atoms with Crippen LogP contribution in [0.2, 0.25) is 0 Å². The number of likely N-dealkylation sites (tertiary alicyclic amines) is 1. The van der Waals surface area contributed by atoms with Gasteiger partial charge >= 0.3 is 199 Å². The number of hydrogen-bond acceptors (Lipinski definition) is 15. The normalized spacial score (nSPS) is 25.9. The van der Waals surface area contributed by atoms with Crippen molar-refractivity contribution < 1.29 is 49.4 Å². The number of hydrogen-bond donors (Lipinski definition) is 4. The molecule has 4 bridgehead atoms. The van der Waals surface area contributed by atoms with Crippen LogP contribution in [0.1, 0.15) is 30.1 Å². The van der Waals surface area contributed by atoms with Gasteiger partial charge in [0, 0.05) is 12.1 Å². The fourth-order valence-electron chi connectivity index (χ4n) is 6.34. The second-order valence-corrected chi connectivity index (χ2v) is 15.5. The SMILES string of the molecule is C[C@@H](NC(=O)c1ccc(NC(=O)CN2CCN3CCN4CCN(CC2)CC(=O)[O][Ga]([O]C(=O)C3)[O]C(=O)C4)cc1)C(=O)N1CCC[C@H]1B(O)O. The Morgan fingerprint density at radius 2 is 1.32 bits per heavy atom. The number of fused-ring (bicyclic) bond motifs is 7. The average Bonchev–Trinajstić information content (AvgIpc) is 3.54. The molecular formula is C30H43BGaN7O11. The Morgan fingerprint density at radius 3 is 1.82 bits per heavy atom. The molecule has 270 valence electrons. The van der Waals surface area contributed by atoms with Crippen molar-refractivity contribution in [2.45, 2.75) is 31.7 Å². The molecule has 5 rings (SSSR count). The molecule has 1 aromatic rings. The van der Waals surface area contributed by atoms with E-state index in [1.165, 1.54) is 17.0 Å². The molecule has 0 spiro atoms. The van der Waals surface area contributed by atoms with Crippen LogP contribution in [-0.4, -0.2) is 192 Å². The molecule has 18 nitrogen and oxygen atoms in total. The van der Waals surface area contributed by atoms with E-state index in [1.807, 2.05) is 19.6 Å². The molecule has 0 aromatic heterocycles. The van der Waals surface area contributed by atoms with Crippen LogP contribution >= 0.6 is 0 Å². The van der Waals surface area contributed by atoms with Crippen molar-refractivity contribution in [2.24, 2.45) is 0 Å². The number of amides is 3. The summed E-state index contributed by atoms with van der Waals surface area (Å²) in [7, 11) is -1.65. The Labute approximate surface area is 296 Å². The Morgan fingerprint density at radius 1 is 0.820 bits per heavy atom. The van der Waals surface area contributed by atoms with Gasteiger partial charge in [-0.2, -0.15) is 0 Å². The van der Waals surface area contributed by atoms with Gasteiger partial charge < -0.3 is 20.3 Å². The third kappa shape index (κ3) is 10.8. The summed E-state index contributed by atoms with van der Waals surface area (Å²) in [6.07, 6.45) is 1.12. The fraction of sp³-hybridized carbons (Fsp3) is 0.600. The number of nitrogens with one attached hydrogen (secondary N) is 2. The fourth-order valence-corrected chi connectivity index (χ4v) is 8.46. The van der Waals surface area contributed by atoms with E-state index in [0.717, 1.165) is 0 Å². The summed E-state index contributed by atoms with van der Waals surface area (Å²) in [5, 5.41) is 24.6. The topological polar surface area (TPSA) is 211 Å². The van der Waals surface area contributed by atoms with Crippen molar-refractivity contribution in [3.8, 4) is 0 Å². The van der Waals surface area contributed by atoms with Gasteiger partial charge in [-0.1, -0.05) is 0 Å². The molecule has 4 aliphatic heterocycles. The molecule has 3 amide bonds. The van der Waals surface area contributed by atoms with Gasteiger partial charge in [-0.3, -0.25) is 9.59 Å². The van der Waals surface area contributed by atoms with Crippen LogP contribution in [0.5, 0.6) is 0 Å². The predicted molar refractivity (Wildman–Crippen MR) is 177 cm³/mol. The Bertz CT molecular complexity index is 1390. The molecule has 2 unspecified atom stereocenters. The van der Waals surface area contributed by atoms with E-state index in [4.69, 9.17) is 10.6 Å². The van der Waals surface area contributed by atoms with Gasteiger partial charge in [0.2, 0.25) is 5.91 Å². The molecule has 0 saturated carbocycles. The molecule has 20 heteroatoms. The van der Waals surface area contributed by atoms with E-state index in [-0.39, 0.29) is 37.6 Å². The minimum Gasteiger partial charge on any atom is -0.426 e. The number of benzene rings is 1. The van der Waals surface area contributed by atoms with Crippen LogP contribution in [0.15, 0.2) is 24.3 Å². The molecule has 0 radical (unpaired) electrons. The summed E-state index contributed by atoms with van der Waals surface area (Å²) in [6.45, 7) is 5.41. The first-order chi connectivity index (χ1) is 23.9. The van der Waals surface area contributed by atoms with Gasteiger partial charge in [0.25, 0.3) is 5.91 Å². The van der Waals surface area contributed by atoms with E-state index in [2.05, 4.69) is 10.6 Å². The third-order valence-corrected chi connectivity index (χ3v) is 12.0. The Kier molecular flexibility index (Phi) is 13.3. The molecule has 4 atom stereocenters. The van der Waals surface area contributed by atoms with Crippen molar-refractivity contribution in [3.05, 3.63) is 29.8 Å². The Hall–Kier alpha value is -3.50. The first-order valence-electron chi connectivity index (χ1n) is 16.8. The number of rotatable bonds is 7. The summed E-state index contributed by atoms with van der Waals surface area (Å²) >= 11 is -3.95. The number of nitrogens with zero attached hydrogens (tertiary/aromatic N) is 5. The summed E-state index contributed by atoms with van der Waals surface area (Å²) in [5.74, 6) is -3.77. The van der Waals surface area contributed by atoms with Gasteiger partial charge in [-0.25, -0.2) is 0 Å². The van der Waals surface area contributed by atoms with Crippen LogP contribution in [0.4, 0.5) is 5.69 Å². The molecule has 0 aliphatic carbocycles. The first-order valence-corrected chi connectivity index (χ1v) is 19.8. The molecule has 4 heterocycles. The van der Waals surface area contributed by atoms with Crippen molar-refractivity contribution in [3.63, 3.8) is 0 Å². The molecule has 4 saturated heterocycles. The van der Waals surface area contributed by atoms with Gasteiger partial charge in [0.15, 0.2) is 0 Å². The molecule has 4 fully saturated rings. The van der Waals surface area contributed by atoms with E-state index in [1.54, 1.807) is 19.1 Å². The monoisotopic (exact) mass is 757 g/mol. The molecular weight excluding hydrogens is 715 g/mol. The zero-order valence-corrected chi connectivity index (χ0v) is 30.5. The van der Waals surface area contributed by atoms with Crippen molar-refractivity contribution in [2.75, 3.05) is 90.4 Å². The molecule has 1 aromatic carbocycles. The minimum absolute atomic E-state index is 0.00834. The second-order valence-electron chi connectivity index (χ2n) is 12.8. The maximum atomic E-state index is 13.2. The van der Waals surface area contributed by atoms with E-state index < -0.39 is 66.1 Å². The number of anilines is 1. The molecule has 4 aliphatic rings. The molecule has 4 N–H and O–H groups in total. The van der Waals surface area contributed by atoms with Crippen molar-refractivity contribution in [1.82, 2.24) is 29.8 Å². The standard InChI is InChI=1S/C30H46BN7O11.Ga/c1-21(30(47)38-8-2-3-24(38)31(48)49)32-29(46)22-4-6-23(7-5-22)33-25(39)17-34-9-11-35(18-26(40)41)13-15-37(20-28(44)45)16-14-36(12-10-34)19-27(42)43;/h4-7,21,24,48-49H,2-3,8-20H2,1H3,(H,32,46)(H,33,39)(H,40,41)(H,42,43)(H,44,45);/q;+3/p-3/t21-,24+;/m1./s1. The third-order valence-electron chi connectivity index (χ3n) is 9.11. The van der Waals surface area contributed by atoms with Gasteiger partial charge in [-0.05, 0) is 31.9 Å². The Balaban J connectivity index is 1.19. The summed E-state index contributed by atoms with van der Waals surface area (Å²) in [5.41, 5.74) is 0.733. The van der Waals surface area contributed by atoms with Crippen LogP contribution in [0.25, 0.3) is 0 Å². The average molecular weight is 758 g/mol. The quantitative estimate of drug-likeness (QED) is 0.200. The van der Waals surface area contributed by atoms with Crippen molar-refractivity contribution in [1.29, 1.82) is 0 Å². The number of carbonyl (C=O) groups is 6. The minimum atomic E-state index is -3.95. The predicted octanol–water partition coefficient (Wildman–Crippen LogP) is -3.39. The second kappa shape index (κ2) is 17.6. The van der Waals surface area contributed by atoms with Crippen molar-refractivity contribution >= 4 is 65.7 Å².